The van der Waals surface area contributed by atoms with Gasteiger partial charge in [0.25, 0.3) is 0 Å². The minimum atomic E-state index is 0.629. The van der Waals surface area contributed by atoms with Gasteiger partial charge < -0.3 is 14.2 Å². The molecule has 1 aliphatic heterocycles. The second kappa shape index (κ2) is 7.64. The standard InChI is InChI=1S/C14H19BrO3/c15-6-2-1-3-7-16-11-12-4-5-13-14(10-12)18-9-8-17-13/h4-5,10H,1-3,6-9,11H2. The van der Waals surface area contributed by atoms with Gasteiger partial charge in [0.05, 0.1) is 6.61 Å². The molecule has 1 aromatic carbocycles. The van der Waals surface area contributed by atoms with Gasteiger partial charge in [0, 0.05) is 11.9 Å². The highest BCUT2D eigenvalue weighted by molar-refractivity contribution is 9.09. The number of hydrogen-bond donors (Lipinski definition) is 0. The molecule has 1 aliphatic rings. The summed E-state index contributed by atoms with van der Waals surface area (Å²) in [4.78, 5) is 0. The van der Waals surface area contributed by atoms with E-state index in [0.29, 0.717) is 19.8 Å². The molecule has 0 unspecified atom stereocenters. The average Bonchev–Trinajstić information content (AvgIpc) is 2.42. The number of fused-ring (bicyclic) bond motifs is 1. The lowest BCUT2D eigenvalue weighted by Gasteiger charge is -2.18. The van der Waals surface area contributed by atoms with Crippen LogP contribution in [0.15, 0.2) is 18.2 Å². The van der Waals surface area contributed by atoms with Crippen molar-refractivity contribution in [2.45, 2.75) is 25.9 Å². The van der Waals surface area contributed by atoms with Gasteiger partial charge >= 0.3 is 0 Å². The third-order valence-corrected chi connectivity index (χ3v) is 3.36. The summed E-state index contributed by atoms with van der Waals surface area (Å²) in [5, 5.41) is 1.08. The highest BCUT2D eigenvalue weighted by atomic mass is 79.9. The van der Waals surface area contributed by atoms with Crippen LogP contribution in [0.4, 0.5) is 0 Å². The lowest BCUT2D eigenvalue weighted by Crippen LogP contribution is -2.15. The second-order valence-corrected chi connectivity index (χ2v) is 5.07. The van der Waals surface area contributed by atoms with E-state index in [9.17, 15) is 0 Å². The zero-order valence-corrected chi connectivity index (χ0v) is 12.1. The van der Waals surface area contributed by atoms with E-state index in [2.05, 4.69) is 15.9 Å². The molecule has 0 aliphatic carbocycles. The number of unbranched alkanes of at least 4 members (excludes halogenated alkanes) is 2. The smallest absolute Gasteiger partial charge is 0.161 e. The zero-order valence-electron chi connectivity index (χ0n) is 10.5. The lowest BCUT2D eigenvalue weighted by atomic mass is 10.2. The molecule has 0 radical (unpaired) electrons. The van der Waals surface area contributed by atoms with Gasteiger partial charge in [0.2, 0.25) is 0 Å². The Kier molecular flexibility index (Phi) is 5.81. The SMILES string of the molecule is BrCCCCCOCc1ccc2c(c1)OCCO2. The summed E-state index contributed by atoms with van der Waals surface area (Å²) in [7, 11) is 0. The van der Waals surface area contributed by atoms with Crippen LogP contribution < -0.4 is 9.47 Å². The first kappa shape index (κ1) is 13.7. The van der Waals surface area contributed by atoms with Gasteiger partial charge in [-0.25, -0.2) is 0 Å². The molecule has 0 fully saturated rings. The Labute approximate surface area is 117 Å². The molecule has 0 N–H and O–H groups in total. The third-order valence-electron chi connectivity index (χ3n) is 2.80. The first-order valence-corrected chi connectivity index (χ1v) is 7.54. The monoisotopic (exact) mass is 314 g/mol. The summed E-state index contributed by atoms with van der Waals surface area (Å²) >= 11 is 3.42. The van der Waals surface area contributed by atoms with Crippen LogP contribution in [0.3, 0.4) is 0 Å². The number of rotatable bonds is 7. The van der Waals surface area contributed by atoms with Crippen molar-refractivity contribution in [2.75, 3.05) is 25.2 Å². The molecule has 0 amide bonds. The fraction of sp³-hybridized carbons (Fsp3) is 0.571. The third kappa shape index (κ3) is 4.18. The van der Waals surface area contributed by atoms with Gasteiger partial charge in [-0.05, 0) is 30.5 Å². The van der Waals surface area contributed by atoms with Crippen LogP contribution in [0.25, 0.3) is 0 Å². The Morgan fingerprint density at radius 1 is 1.06 bits per heavy atom. The number of hydrogen-bond acceptors (Lipinski definition) is 3. The van der Waals surface area contributed by atoms with Gasteiger partial charge in [0.15, 0.2) is 11.5 Å². The maximum Gasteiger partial charge on any atom is 0.161 e. The summed E-state index contributed by atoms with van der Waals surface area (Å²) in [6.07, 6.45) is 3.55. The first-order valence-electron chi connectivity index (χ1n) is 6.42. The van der Waals surface area contributed by atoms with E-state index < -0.39 is 0 Å². The zero-order chi connectivity index (χ0) is 12.6. The van der Waals surface area contributed by atoms with Gasteiger partial charge in [0.1, 0.15) is 13.2 Å². The molecular formula is C14H19BrO3. The Hall–Kier alpha value is -0.740. The maximum absolute atomic E-state index is 5.65. The summed E-state index contributed by atoms with van der Waals surface area (Å²) < 4.78 is 16.7. The quantitative estimate of drug-likeness (QED) is 0.569. The average molecular weight is 315 g/mol. The van der Waals surface area contributed by atoms with Crippen molar-refractivity contribution >= 4 is 15.9 Å². The van der Waals surface area contributed by atoms with Crippen LogP contribution in [-0.2, 0) is 11.3 Å². The molecule has 2 rings (SSSR count). The van der Waals surface area contributed by atoms with Crippen LogP contribution in [0.5, 0.6) is 11.5 Å². The molecule has 0 bridgehead atoms. The van der Waals surface area contributed by atoms with Gasteiger partial charge in [-0.15, -0.1) is 0 Å². The van der Waals surface area contributed by atoms with Crippen LogP contribution >= 0.6 is 15.9 Å². The molecule has 0 saturated carbocycles. The summed E-state index contributed by atoms with van der Waals surface area (Å²) in [5.74, 6) is 1.67. The van der Waals surface area contributed by atoms with Crippen LogP contribution in [0, 0.1) is 0 Å². The predicted octanol–water partition coefficient (Wildman–Crippen LogP) is 3.54. The van der Waals surface area contributed by atoms with E-state index in [1.165, 1.54) is 12.8 Å². The molecule has 3 nitrogen and oxygen atoms in total. The second-order valence-electron chi connectivity index (χ2n) is 4.28. The predicted molar refractivity (Wildman–Crippen MR) is 74.7 cm³/mol. The molecule has 0 aromatic heterocycles. The van der Waals surface area contributed by atoms with E-state index >= 15 is 0 Å². The van der Waals surface area contributed by atoms with Crippen LogP contribution in [0.2, 0.25) is 0 Å². The van der Waals surface area contributed by atoms with Crippen molar-refractivity contribution < 1.29 is 14.2 Å². The molecular weight excluding hydrogens is 296 g/mol. The van der Waals surface area contributed by atoms with Crippen molar-refractivity contribution in [3.63, 3.8) is 0 Å². The normalized spacial score (nSPS) is 13.6. The fourth-order valence-electron chi connectivity index (χ4n) is 1.84. The Bertz CT molecular complexity index is 368. The summed E-state index contributed by atoms with van der Waals surface area (Å²) in [6, 6.07) is 6.00. The number of ether oxygens (including phenoxy) is 3. The number of halogens is 1. The summed E-state index contributed by atoms with van der Waals surface area (Å²) in [6.45, 7) is 2.73. The lowest BCUT2D eigenvalue weighted by molar-refractivity contribution is 0.116. The Balaban J connectivity index is 1.72. The van der Waals surface area contributed by atoms with Gasteiger partial charge in [-0.1, -0.05) is 28.4 Å². The molecule has 100 valence electrons. The Morgan fingerprint density at radius 3 is 2.72 bits per heavy atom. The number of alkyl halides is 1. The van der Waals surface area contributed by atoms with E-state index in [0.717, 1.165) is 35.4 Å². The van der Waals surface area contributed by atoms with E-state index in [-0.39, 0.29) is 0 Å². The Morgan fingerprint density at radius 2 is 1.89 bits per heavy atom. The molecule has 18 heavy (non-hydrogen) atoms. The molecule has 0 spiro atoms. The summed E-state index contributed by atoms with van der Waals surface area (Å²) in [5.41, 5.74) is 1.14. The van der Waals surface area contributed by atoms with E-state index in [1.807, 2.05) is 18.2 Å². The first-order chi connectivity index (χ1) is 8.90. The van der Waals surface area contributed by atoms with E-state index in [4.69, 9.17) is 14.2 Å². The molecule has 0 saturated heterocycles. The van der Waals surface area contributed by atoms with Crippen LogP contribution in [0.1, 0.15) is 24.8 Å². The van der Waals surface area contributed by atoms with Crippen LogP contribution in [-0.4, -0.2) is 25.2 Å². The topological polar surface area (TPSA) is 27.7 Å². The largest absolute Gasteiger partial charge is 0.486 e. The van der Waals surface area contributed by atoms with E-state index in [1.54, 1.807) is 0 Å². The molecule has 1 aromatic rings. The highest BCUT2D eigenvalue weighted by Crippen LogP contribution is 2.30. The number of benzene rings is 1. The minimum Gasteiger partial charge on any atom is -0.486 e. The fourth-order valence-corrected chi connectivity index (χ4v) is 2.24. The van der Waals surface area contributed by atoms with Crippen molar-refractivity contribution in [1.29, 1.82) is 0 Å². The van der Waals surface area contributed by atoms with Gasteiger partial charge in [-0.2, -0.15) is 0 Å². The van der Waals surface area contributed by atoms with Crippen molar-refractivity contribution in [3.05, 3.63) is 23.8 Å². The molecule has 0 atom stereocenters. The minimum absolute atomic E-state index is 0.629. The maximum atomic E-state index is 5.65. The molecule has 1 heterocycles. The van der Waals surface area contributed by atoms with Crippen molar-refractivity contribution in [3.8, 4) is 11.5 Å². The molecule has 4 heteroatoms. The van der Waals surface area contributed by atoms with Crippen molar-refractivity contribution in [1.82, 2.24) is 0 Å². The van der Waals surface area contributed by atoms with Gasteiger partial charge in [-0.3, -0.25) is 0 Å². The highest BCUT2D eigenvalue weighted by Gasteiger charge is 2.11. The van der Waals surface area contributed by atoms with Crippen molar-refractivity contribution in [2.24, 2.45) is 0 Å².